The van der Waals surface area contributed by atoms with Crippen molar-refractivity contribution < 1.29 is 0 Å². The fourth-order valence-electron chi connectivity index (χ4n) is 1.85. The van der Waals surface area contributed by atoms with Gasteiger partial charge in [0.1, 0.15) is 0 Å². The van der Waals surface area contributed by atoms with Gasteiger partial charge in [0, 0.05) is 0 Å². The van der Waals surface area contributed by atoms with Gasteiger partial charge in [-0.3, -0.25) is 0 Å². The molecular formula is C14H15Sn+. The topological polar surface area (TPSA) is 0 Å². The van der Waals surface area contributed by atoms with Crippen LogP contribution in [0.4, 0.5) is 0 Å². The Balaban J connectivity index is 2.34. The van der Waals surface area contributed by atoms with E-state index in [2.05, 4.69) is 67.6 Å². The van der Waals surface area contributed by atoms with Gasteiger partial charge in [0.2, 0.25) is 0 Å². The van der Waals surface area contributed by atoms with Gasteiger partial charge in [0.25, 0.3) is 0 Å². The monoisotopic (exact) mass is 303 g/mol. The Morgan fingerprint density at radius 3 is 1.47 bits per heavy atom. The first kappa shape index (κ1) is 10.7. The molecule has 0 radical (unpaired) electrons. The molecule has 0 aromatic heterocycles. The third-order valence-electron chi connectivity index (χ3n) is 2.60. The Bertz CT molecular complexity index is 355. The summed E-state index contributed by atoms with van der Waals surface area (Å²) in [4.78, 5) is 0. The average Bonchev–Trinajstić information content (AvgIpc) is 2.33. The van der Waals surface area contributed by atoms with E-state index in [0.29, 0.717) is 0 Å². The third-order valence-corrected chi connectivity index (χ3v) is 10.5. The summed E-state index contributed by atoms with van der Waals surface area (Å²) in [6.45, 7) is 2.33. The van der Waals surface area contributed by atoms with Gasteiger partial charge >= 0.3 is 98.9 Å². The van der Waals surface area contributed by atoms with Gasteiger partial charge in [0.05, 0.1) is 0 Å². The van der Waals surface area contributed by atoms with Crippen molar-refractivity contribution >= 4 is 26.9 Å². The number of rotatable bonds is 3. The van der Waals surface area contributed by atoms with E-state index < -0.39 is 19.8 Å². The predicted molar refractivity (Wildman–Crippen MR) is 68.4 cm³/mol. The van der Waals surface area contributed by atoms with E-state index >= 15 is 0 Å². The molecule has 0 fully saturated rings. The first-order valence-corrected chi connectivity index (χ1v) is 10.3. The van der Waals surface area contributed by atoms with Crippen molar-refractivity contribution in [2.24, 2.45) is 0 Å². The van der Waals surface area contributed by atoms with Crippen LogP contribution in [0.5, 0.6) is 0 Å². The minimum atomic E-state index is -1.54. The van der Waals surface area contributed by atoms with Crippen LogP contribution >= 0.6 is 0 Å². The van der Waals surface area contributed by atoms with Gasteiger partial charge in [-0.05, 0) is 0 Å². The molecular weight excluding hydrogens is 287 g/mol. The van der Waals surface area contributed by atoms with E-state index in [1.54, 1.807) is 7.16 Å². The molecule has 0 heterocycles. The number of benzene rings is 2. The quantitative estimate of drug-likeness (QED) is 0.763. The number of hydrogen-bond acceptors (Lipinski definition) is 0. The van der Waals surface area contributed by atoms with Gasteiger partial charge in [-0.1, -0.05) is 0 Å². The standard InChI is InChI=1S/2C6H5.C2H5.Sn/c2*1-2-4-6-5-3-1;1-2;/h2*1-5H;1H2,2H3;/q;;;+1. The third kappa shape index (κ3) is 2.63. The molecule has 0 nitrogen and oxygen atoms in total. The Morgan fingerprint density at radius 1 is 0.733 bits per heavy atom. The molecule has 0 unspecified atom stereocenters. The Kier molecular flexibility index (Phi) is 3.84. The molecule has 0 aliphatic carbocycles. The van der Waals surface area contributed by atoms with Crippen molar-refractivity contribution in [3.05, 3.63) is 60.7 Å². The molecule has 1 heteroatoms. The van der Waals surface area contributed by atoms with Gasteiger partial charge in [-0.15, -0.1) is 0 Å². The van der Waals surface area contributed by atoms with E-state index in [1.807, 2.05) is 0 Å². The minimum absolute atomic E-state index is 1.34. The molecule has 0 atom stereocenters. The molecule has 15 heavy (non-hydrogen) atoms. The molecule has 0 saturated carbocycles. The zero-order valence-corrected chi connectivity index (χ0v) is 11.8. The summed E-state index contributed by atoms with van der Waals surface area (Å²) >= 11 is -1.54. The zero-order chi connectivity index (χ0) is 10.5. The van der Waals surface area contributed by atoms with Crippen molar-refractivity contribution in [3.8, 4) is 0 Å². The van der Waals surface area contributed by atoms with Crippen LogP contribution in [0.15, 0.2) is 60.7 Å². The molecule has 0 aliphatic rings. The second-order valence-electron chi connectivity index (χ2n) is 3.56. The van der Waals surface area contributed by atoms with E-state index in [1.165, 1.54) is 4.44 Å². The fourth-order valence-corrected chi connectivity index (χ4v) is 8.53. The molecule has 2 aromatic rings. The molecule has 2 aromatic carbocycles. The van der Waals surface area contributed by atoms with Crippen molar-refractivity contribution in [3.63, 3.8) is 0 Å². The second kappa shape index (κ2) is 5.36. The van der Waals surface area contributed by atoms with E-state index in [-0.39, 0.29) is 0 Å². The Hall–Kier alpha value is -0.761. The summed E-state index contributed by atoms with van der Waals surface area (Å²) in [5.74, 6) is 0. The molecule has 0 aliphatic heterocycles. The predicted octanol–water partition coefficient (Wildman–Crippen LogP) is 2.32. The van der Waals surface area contributed by atoms with Crippen LogP contribution < -0.4 is 7.16 Å². The van der Waals surface area contributed by atoms with Gasteiger partial charge < -0.3 is 0 Å². The van der Waals surface area contributed by atoms with Crippen LogP contribution in [-0.4, -0.2) is 19.8 Å². The average molecular weight is 302 g/mol. The van der Waals surface area contributed by atoms with Crippen LogP contribution in [0.1, 0.15) is 6.92 Å². The van der Waals surface area contributed by atoms with Crippen LogP contribution in [0.25, 0.3) is 0 Å². The molecule has 74 valence electrons. The Labute approximate surface area is 98.7 Å². The van der Waals surface area contributed by atoms with Crippen LogP contribution in [0.2, 0.25) is 4.44 Å². The summed E-state index contributed by atoms with van der Waals surface area (Å²) in [5.41, 5.74) is 0. The second-order valence-corrected chi connectivity index (χ2v) is 11.6. The van der Waals surface area contributed by atoms with Crippen LogP contribution in [0, 0.1) is 0 Å². The fraction of sp³-hybridized carbons (Fsp3) is 0.143. The van der Waals surface area contributed by atoms with Gasteiger partial charge in [0.15, 0.2) is 0 Å². The van der Waals surface area contributed by atoms with E-state index in [9.17, 15) is 0 Å². The summed E-state index contributed by atoms with van der Waals surface area (Å²) < 4.78 is 4.55. The van der Waals surface area contributed by atoms with Crippen molar-refractivity contribution in [1.29, 1.82) is 0 Å². The SMILES string of the molecule is C[CH2][Sn+]([c]1ccccc1)[c]1ccccc1. The summed E-state index contributed by atoms with van der Waals surface area (Å²) in [6, 6.07) is 22.0. The molecule has 0 spiro atoms. The molecule has 0 amide bonds. The van der Waals surface area contributed by atoms with Crippen molar-refractivity contribution in [2.75, 3.05) is 0 Å². The van der Waals surface area contributed by atoms with Crippen molar-refractivity contribution in [2.45, 2.75) is 11.4 Å². The first-order valence-electron chi connectivity index (χ1n) is 5.38. The normalized spacial score (nSPS) is 9.93. The van der Waals surface area contributed by atoms with E-state index in [0.717, 1.165) is 0 Å². The van der Waals surface area contributed by atoms with Gasteiger partial charge in [-0.25, -0.2) is 0 Å². The summed E-state index contributed by atoms with van der Waals surface area (Å²) in [6.07, 6.45) is 0. The summed E-state index contributed by atoms with van der Waals surface area (Å²) in [7, 11) is 0. The summed E-state index contributed by atoms with van der Waals surface area (Å²) in [5, 5.41) is 0. The first-order chi connectivity index (χ1) is 7.42. The van der Waals surface area contributed by atoms with Crippen molar-refractivity contribution in [1.82, 2.24) is 0 Å². The zero-order valence-electron chi connectivity index (χ0n) is 8.98. The van der Waals surface area contributed by atoms with Crippen LogP contribution in [0.3, 0.4) is 0 Å². The molecule has 0 saturated heterocycles. The van der Waals surface area contributed by atoms with Gasteiger partial charge in [-0.2, -0.15) is 0 Å². The Morgan fingerprint density at radius 2 is 1.13 bits per heavy atom. The molecule has 0 N–H and O–H groups in total. The van der Waals surface area contributed by atoms with E-state index in [4.69, 9.17) is 0 Å². The maximum absolute atomic E-state index is 2.33. The molecule has 2 rings (SSSR count). The van der Waals surface area contributed by atoms with Crippen LogP contribution in [-0.2, 0) is 0 Å². The molecule has 0 bridgehead atoms. The number of hydrogen-bond donors (Lipinski definition) is 0. The maximum atomic E-state index is 2.33.